The van der Waals surface area contributed by atoms with Gasteiger partial charge in [-0.15, -0.1) is 0 Å². The Morgan fingerprint density at radius 2 is 1.94 bits per heavy atom. The van der Waals surface area contributed by atoms with E-state index in [0.717, 1.165) is 17.9 Å². The molecule has 2 nitrogen and oxygen atoms in total. The Bertz CT molecular complexity index is 539. The molecule has 1 aromatic carbocycles. The van der Waals surface area contributed by atoms with Crippen molar-refractivity contribution >= 4 is 11.0 Å². The molecule has 1 heterocycles. The first-order valence-electron chi connectivity index (χ1n) is 6.81. The predicted octanol–water partition coefficient (Wildman–Crippen LogP) is 4.54. The summed E-state index contributed by atoms with van der Waals surface area (Å²) in [6.07, 6.45) is 0. The molecule has 0 bridgehead atoms. The zero-order valence-electron chi connectivity index (χ0n) is 12.0. The zero-order chi connectivity index (χ0) is 13.3. The highest BCUT2D eigenvalue weighted by Crippen LogP contribution is 2.31. The van der Waals surface area contributed by atoms with E-state index in [2.05, 4.69) is 58.1 Å². The molecule has 1 N–H and O–H groups in total. The van der Waals surface area contributed by atoms with Gasteiger partial charge in [0.1, 0.15) is 11.3 Å². The van der Waals surface area contributed by atoms with E-state index in [-0.39, 0.29) is 6.04 Å². The number of rotatable bonds is 4. The van der Waals surface area contributed by atoms with Crippen molar-refractivity contribution in [3.8, 4) is 0 Å². The lowest BCUT2D eigenvalue weighted by atomic mass is 10.00. The Morgan fingerprint density at radius 1 is 1.22 bits per heavy atom. The lowest BCUT2D eigenvalue weighted by Crippen LogP contribution is -2.17. The third-order valence-corrected chi connectivity index (χ3v) is 3.57. The van der Waals surface area contributed by atoms with Gasteiger partial charge in [0, 0.05) is 5.39 Å². The molecule has 0 spiro atoms. The van der Waals surface area contributed by atoms with Crippen LogP contribution in [0.25, 0.3) is 11.0 Å². The van der Waals surface area contributed by atoms with Gasteiger partial charge in [-0.2, -0.15) is 0 Å². The average Bonchev–Trinajstić information content (AvgIpc) is 2.67. The van der Waals surface area contributed by atoms with Gasteiger partial charge in [-0.1, -0.05) is 26.8 Å². The van der Waals surface area contributed by atoms with Gasteiger partial charge in [0.25, 0.3) is 0 Å². The van der Waals surface area contributed by atoms with E-state index >= 15 is 0 Å². The molecule has 0 radical (unpaired) electrons. The molecule has 0 saturated carbocycles. The Labute approximate surface area is 109 Å². The third-order valence-electron chi connectivity index (χ3n) is 3.57. The molecule has 0 aliphatic rings. The smallest absolute Gasteiger partial charge is 0.134 e. The van der Waals surface area contributed by atoms with Crippen molar-refractivity contribution in [3.05, 3.63) is 35.1 Å². The maximum atomic E-state index is 5.99. The molecular formula is C16H23NO. The second-order valence-electron chi connectivity index (χ2n) is 5.28. The lowest BCUT2D eigenvalue weighted by molar-refractivity contribution is 0.456. The molecule has 1 atom stereocenters. The minimum absolute atomic E-state index is 0.268. The van der Waals surface area contributed by atoms with Gasteiger partial charge in [-0.25, -0.2) is 0 Å². The fraction of sp³-hybridized carbons (Fsp3) is 0.500. The topological polar surface area (TPSA) is 25.2 Å². The van der Waals surface area contributed by atoms with Crippen molar-refractivity contribution in [1.82, 2.24) is 5.32 Å². The normalized spacial score (nSPS) is 13.4. The van der Waals surface area contributed by atoms with Crippen LogP contribution in [0.2, 0.25) is 0 Å². The van der Waals surface area contributed by atoms with Crippen molar-refractivity contribution in [2.24, 2.45) is 0 Å². The number of hydrogen-bond acceptors (Lipinski definition) is 2. The molecule has 18 heavy (non-hydrogen) atoms. The van der Waals surface area contributed by atoms with Crippen LogP contribution in [0, 0.1) is 6.92 Å². The van der Waals surface area contributed by atoms with Crippen LogP contribution in [-0.4, -0.2) is 6.54 Å². The third kappa shape index (κ3) is 2.30. The monoisotopic (exact) mass is 245 g/mol. The molecule has 0 aliphatic heterocycles. The number of fused-ring (bicyclic) bond motifs is 1. The van der Waals surface area contributed by atoms with E-state index in [0.29, 0.717) is 5.92 Å². The van der Waals surface area contributed by atoms with Crippen LogP contribution in [0.5, 0.6) is 0 Å². The SMILES string of the molecule is CCNC(C)c1oc2ccc(C(C)C)cc2c1C. The first-order valence-corrected chi connectivity index (χ1v) is 6.81. The molecule has 2 aromatic rings. The van der Waals surface area contributed by atoms with Crippen molar-refractivity contribution < 1.29 is 4.42 Å². The van der Waals surface area contributed by atoms with E-state index in [4.69, 9.17) is 4.42 Å². The number of furan rings is 1. The van der Waals surface area contributed by atoms with Crippen LogP contribution < -0.4 is 5.32 Å². The number of nitrogens with one attached hydrogen (secondary N) is 1. The molecule has 0 fully saturated rings. The van der Waals surface area contributed by atoms with E-state index in [9.17, 15) is 0 Å². The van der Waals surface area contributed by atoms with Gasteiger partial charge >= 0.3 is 0 Å². The number of benzene rings is 1. The van der Waals surface area contributed by atoms with Gasteiger partial charge in [0.05, 0.1) is 6.04 Å². The Morgan fingerprint density at radius 3 is 2.56 bits per heavy atom. The molecule has 1 aromatic heterocycles. The van der Waals surface area contributed by atoms with E-state index in [1.54, 1.807) is 0 Å². The van der Waals surface area contributed by atoms with E-state index in [1.807, 2.05) is 0 Å². The minimum Gasteiger partial charge on any atom is -0.459 e. The Balaban J connectivity index is 2.49. The van der Waals surface area contributed by atoms with Crippen LogP contribution in [0.4, 0.5) is 0 Å². The maximum absolute atomic E-state index is 5.99. The molecular weight excluding hydrogens is 222 g/mol. The van der Waals surface area contributed by atoms with Gasteiger partial charge in [0.2, 0.25) is 0 Å². The van der Waals surface area contributed by atoms with E-state index < -0.39 is 0 Å². The summed E-state index contributed by atoms with van der Waals surface area (Å²) >= 11 is 0. The van der Waals surface area contributed by atoms with Crippen LogP contribution in [0.1, 0.15) is 56.5 Å². The highest BCUT2D eigenvalue weighted by Gasteiger charge is 2.16. The highest BCUT2D eigenvalue weighted by atomic mass is 16.3. The fourth-order valence-corrected chi connectivity index (χ4v) is 2.43. The van der Waals surface area contributed by atoms with Crippen LogP contribution in [0.15, 0.2) is 22.6 Å². The summed E-state index contributed by atoms with van der Waals surface area (Å²) in [6, 6.07) is 6.79. The van der Waals surface area contributed by atoms with Gasteiger partial charge < -0.3 is 9.73 Å². The second kappa shape index (κ2) is 5.15. The molecule has 98 valence electrons. The summed E-state index contributed by atoms with van der Waals surface area (Å²) < 4.78 is 5.99. The van der Waals surface area contributed by atoms with Crippen molar-refractivity contribution in [2.45, 2.75) is 46.6 Å². The summed E-state index contributed by atoms with van der Waals surface area (Å²) in [4.78, 5) is 0. The van der Waals surface area contributed by atoms with Crippen molar-refractivity contribution in [3.63, 3.8) is 0 Å². The highest BCUT2D eigenvalue weighted by molar-refractivity contribution is 5.83. The fourth-order valence-electron chi connectivity index (χ4n) is 2.43. The van der Waals surface area contributed by atoms with Gasteiger partial charge in [0.15, 0.2) is 0 Å². The second-order valence-corrected chi connectivity index (χ2v) is 5.28. The zero-order valence-corrected chi connectivity index (χ0v) is 12.0. The predicted molar refractivity (Wildman–Crippen MR) is 77.1 cm³/mol. The van der Waals surface area contributed by atoms with Gasteiger partial charge in [-0.3, -0.25) is 0 Å². The molecule has 0 aliphatic carbocycles. The first-order chi connectivity index (χ1) is 8.54. The number of hydrogen-bond donors (Lipinski definition) is 1. The van der Waals surface area contributed by atoms with Crippen LogP contribution in [-0.2, 0) is 0 Å². The van der Waals surface area contributed by atoms with Crippen LogP contribution in [0.3, 0.4) is 0 Å². The summed E-state index contributed by atoms with van der Waals surface area (Å²) in [5.41, 5.74) is 3.63. The standard InChI is InChI=1S/C16H23NO/c1-6-17-12(5)16-11(4)14-9-13(10(2)3)7-8-15(14)18-16/h7-10,12,17H,6H2,1-5H3. The average molecular weight is 245 g/mol. The van der Waals surface area contributed by atoms with Crippen molar-refractivity contribution in [2.75, 3.05) is 6.54 Å². The largest absolute Gasteiger partial charge is 0.459 e. The molecule has 2 rings (SSSR count). The Hall–Kier alpha value is -1.28. The Kier molecular flexibility index (Phi) is 3.76. The summed E-state index contributed by atoms with van der Waals surface area (Å²) in [5, 5.41) is 4.66. The minimum atomic E-state index is 0.268. The molecule has 0 amide bonds. The molecule has 2 heteroatoms. The summed E-state index contributed by atoms with van der Waals surface area (Å²) in [5.74, 6) is 1.62. The van der Waals surface area contributed by atoms with Crippen LogP contribution >= 0.6 is 0 Å². The van der Waals surface area contributed by atoms with E-state index in [1.165, 1.54) is 16.5 Å². The molecule has 1 unspecified atom stereocenters. The summed E-state index contributed by atoms with van der Waals surface area (Å²) in [7, 11) is 0. The van der Waals surface area contributed by atoms with Crippen molar-refractivity contribution in [1.29, 1.82) is 0 Å². The van der Waals surface area contributed by atoms with Gasteiger partial charge in [-0.05, 0) is 49.6 Å². The molecule has 0 saturated heterocycles. The maximum Gasteiger partial charge on any atom is 0.134 e. The number of aryl methyl sites for hydroxylation is 1. The summed E-state index contributed by atoms with van der Waals surface area (Å²) in [6.45, 7) is 11.8. The first kappa shape index (κ1) is 13.2. The quantitative estimate of drug-likeness (QED) is 0.855. The lowest BCUT2D eigenvalue weighted by Gasteiger charge is -2.09.